The van der Waals surface area contributed by atoms with Crippen LogP contribution in [-0.2, 0) is 0 Å². The Bertz CT molecular complexity index is 212. The van der Waals surface area contributed by atoms with E-state index in [9.17, 15) is 5.11 Å². The van der Waals surface area contributed by atoms with Crippen LogP contribution in [0.2, 0.25) is 0 Å². The van der Waals surface area contributed by atoms with Crippen molar-refractivity contribution in [3.05, 3.63) is 0 Å². The molecule has 2 aliphatic rings. The highest BCUT2D eigenvalue weighted by molar-refractivity contribution is 4.87. The summed E-state index contributed by atoms with van der Waals surface area (Å²) in [5, 5.41) is 13.5. The van der Waals surface area contributed by atoms with Gasteiger partial charge in [-0.05, 0) is 39.2 Å². The average Bonchev–Trinajstić information content (AvgIpc) is 2.69. The first kappa shape index (κ1) is 12.3. The van der Waals surface area contributed by atoms with Gasteiger partial charge in [0.1, 0.15) is 0 Å². The SMILES string of the molecule is CC(O)C1CC(NC2CCCC2)CN(C)C1. The Morgan fingerprint density at radius 3 is 2.50 bits per heavy atom. The monoisotopic (exact) mass is 226 g/mol. The Morgan fingerprint density at radius 1 is 1.19 bits per heavy atom. The summed E-state index contributed by atoms with van der Waals surface area (Å²) < 4.78 is 0. The number of rotatable bonds is 3. The van der Waals surface area contributed by atoms with Gasteiger partial charge in [0.05, 0.1) is 6.10 Å². The standard InChI is InChI=1S/C13H26N2O/c1-10(16)11-7-13(9-15(2)8-11)14-12-5-3-4-6-12/h10-14,16H,3-9H2,1-2H3. The molecule has 1 aliphatic carbocycles. The first-order valence-corrected chi connectivity index (χ1v) is 6.78. The molecule has 3 heteroatoms. The summed E-state index contributed by atoms with van der Waals surface area (Å²) >= 11 is 0. The van der Waals surface area contributed by atoms with Gasteiger partial charge in [0, 0.05) is 25.2 Å². The van der Waals surface area contributed by atoms with Crippen LogP contribution >= 0.6 is 0 Å². The summed E-state index contributed by atoms with van der Waals surface area (Å²) in [5.41, 5.74) is 0. The number of aliphatic hydroxyl groups excluding tert-OH is 1. The Balaban J connectivity index is 1.83. The van der Waals surface area contributed by atoms with Crippen LogP contribution in [0.3, 0.4) is 0 Å². The highest BCUT2D eigenvalue weighted by Crippen LogP contribution is 2.23. The van der Waals surface area contributed by atoms with Gasteiger partial charge in [0.2, 0.25) is 0 Å². The lowest BCUT2D eigenvalue weighted by Gasteiger charge is -2.38. The van der Waals surface area contributed by atoms with Gasteiger partial charge in [-0.25, -0.2) is 0 Å². The van der Waals surface area contributed by atoms with Crippen LogP contribution in [0.1, 0.15) is 39.0 Å². The first-order valence-electron chi connectivity index (χ1n) is 6.78. The number of aliphatic hydroxyl groups is 1. The Morgan fingerprint density at radius 2 is 1.88 bits per heavy atom. The van der Waals surface area contributed by atoms with Gasteiger partial charge in [0.15, 0.2) is 0 Å². The molecule has 0 amide bonds. The topological polar surface area (TPSA) is 35.5 Å². The van der Waals surface area contributed by atoms with Crippen LogP contribution in [0.5, 0.6) is 0 Å². The maximum atomic E-state index is 9.72. The second kappa shape index (κ2) is 5.48. The molecule has 2 rings (SSSR count). The van der Waals surface area contributed by atoms with Gasteiger partial charge in [-0.2, -0.15) is 0 Å². The fourth-order valence-electron chi connectivity index (χ4n) is 3.26. The highest BCUT2D eigenvalue weighted by atomic mass is 16.3. The zero-order valence-electron chi connectivity index (χ0n) is 10.7. The molecule has 0 spiro atoms. The van der Waals surface area contributed by atoms with E-state index in [1.54, 1.807) is 0 Å². The molecule has 1 saturated carbocycles. The third kappa shape index (κ3) is 3.19. The molecule has 1 aliphatic heterocycles. The molecule has 16 heavy (non-hydrogen) atoms. The number of hydrogen-bond acceptors (Lipinski definition) is 3. The third-order valence-electron chi connectivity index (χ3n) is 4.17. The quantitative estimate of drug-likeness (QED) is 0.759. The van der Waals surface area contributed by atoms with Gasteiger partial charge in [0.25, 0.3) is 0 Å². The van der Waals surface area contributed by atoms with Crippen LogP contribution < -0.4 is 5.32 Å². The lowest BCUT2D eigenvalue weighted by molar-refractivity contribution is 0.0562. The smallest absolute Gasteiger partial charge is 0.0553 e. The third-order valence-corrected chi connectivity index (χ3v) is 4.17. The first-order chi connectivity index (χ1) is 7.65. The van der Waals surface area contributed by atoms with E-state index >= 15 is 0 Å². The van der Waals surface area contributed by atoms with E-state index in [4.69, 9.17) is 0 Å². The highest BCUT2D eigenvalue weighted by Gasteiger charge is 2.29. The number of piperidine rings is 1. The van der Waals surface area contributed by atoms with E-state index in [2.05, 4.69) is 17.3 Å². The molecule has 3 unspecified atom stereocenters. The Labute approximate surface area is 99.2 Å². The number of likely N-dealkylation sites (tertiary alicyclic amines) is 1. The van der Waals surface area contributed by atoms with Crippen molar-refractivity contribution in [2.75, 3.05) is 20.1 Å². The molecule has 1 saturated heterocycles. The molecule has 3 nitrogen and oxygen atoms in total. The number of likely N-dealkylation sites (N-methyl/N-ethyl adjacent to an activating group) is 1. The molecule has 0 aromatic heterocycles. The molecule has 3 atom stereocenters. The summed E-state index contributed by atoms with van der Waals surface area (Å²) in [4.78, 5) is 2.35. The minimum Gasteiger partial charge on any atom is -0.393 e. The Kier molecular flexibility index (Phi) is 4.22. The van der Waals surface area contributed by atoms with Crippen LogP contribution in [0, 0.1) is 5.92 Å². The molecular weight excluding hydrogens is 200 g/mol. The fraction of sp³-hybridized carbons (Fsp3) is 1.00. The van der Waals surface area contributed by atoms with Crippen LogP contribution in [0.4, 0.5) is 0 Å². The second-order valence-electron chi connectivity index (χ2n) is 5.80. The fourth-order valence-corrected chi connectivity index (χ4v) is 3.26. The molecular formula is C13H26N2O. The summed E-state index contributed by atoms with van der Waals surface area (Å²) in [6.07, 6.45) is 6.44. The van der Waals surface area contributed by atoms with Crippen LogP contribution in [0.25, 0.3) is 0 Å². The molecule has 0 bridgehead atoms. The van der Waals surface area contributed by atoms with Gasteiger partial charge < -0.3 is 15.3 Å². The Hall–Kier alpha value is -0.120. The van der Waals surface area contributed by atoms with Crippen molar-refractivity contribution in [3.8, 4) is 0 Å². The maximum absolute atomic E-state index is 9.72. The average molecular weight is 226 g/mol. The molecule has 2 N–H and O–H groups in total. The van der Waals surface area contributed by atoms with Crippen molar-refractivity contribution < 1.29 is 5.11 Å². The second-order valence-corrected chi connectivity index (χ2v) is 5.80. The summed E-state index contributed by atoms with van der Waals surface area (Å²) in [6.45, 7) is 4.11. The largest absolute Gasteiger partial charge is 0.393 e. The van der Waals surface area contributed by atoms with Gasteiger partial charge in [-0.1, -0.05) is 12.8 Å². The minimum absolute atomic E-state index is 0.171. The van der Waals surface area contributed by atoms with E-state index in [-0.39, 0.29) is 6.10 Å². The number of nitrogens with zero attached hydrogens (tertiary/aromatic N) is 1. The number of hydrogen-bond donors (Lipinski definition) is 2. The summed E-state index contributed by atoms with van der Waals surface area (Å²) in [7, 11) is 2.16. The van der Waals surface area contributed by atoms with E-state index in [0.29, 0.717) is 12.0 Å². The van der Waals surface area contributed by atoms with Crippen molar-refractivity contribution >= 4 is 0 Å². The van der Waals surface area contributed by atoms with Crippen molar-refractivity contribution in [1.29, 1.82) is 0 Å². The van der Waals surface area contributed by atoms with Crippen molar-refractivity contribution in [1.82, 2.24) is 10.2 Å². The maximum Gasteiger partial charge on any atom is 0.0553 e. The predicted octanol–water partition coefficient (Wildman–Crippen LogP) is 1.22. The van der Waals surface area contributed by atoms with Gasteiger partial charge in [-0.15, -0.1) is 0 Å². The molecule has 1 heterocycles. The molecule has 0 aromatic rings. The van der Waals surface area contributed by atoms with Crippen LogP contribution in [-0.4, -0.2) is 48.3 Å². The van der Waals surface area contributed by atoms with Gasteiger partial charge >= 0.3 is 0 Å². The van der Waals surface area contributed by atoms with Crippen molar-refractivity contribution in [2.24, 2.45) is 5.92 Å². The normalized spacial score (nSPS) is 35.4. The lowest BCUT2D eigenvalue weighted by atomic mass is 9.90. The van der Waals surface area contributed by atoms with E-state index in [1.807, 2.05) is 6.92 Å². The van der Waals surface area contributed by atoms with E-state index in [0.717, 1.165) is 25.6 Å². The summed E-state index contributed by atoms with van der Waals surface area (Å²) in [5.74, 6) is 0.442. The zero-order valence-corrected chi connectivity index (χ0v) is 10.7. The predicted molar refractivity (Wildman–Crippen MR) is 66.5 cm³/mol. The summed E-state index contributed by atoms with van der Waals surface area (Å²) in [6, 6.07) is 1.33. The molecule has 0 radical (unpaired) electrons. The minimum atomic E-state index is -0.171. The molecule has 2 fully saturated rings. The zero-order chi connectivity index (χ0) is 11.5. The van der Waals surface area contributed by atoms with E-state index < -0.39 is 0 Å². The van der Waals surface area contributed by atoms with Crippen molar-refractivity contribution in [2.45, 2.75) is 57.2 Å². The van der Waals surface area contributed by atoms with Gasteiger partial charge in [-0.3, -0.25) is 0 Å². The number of nitrogens with one attached hydrogen (secondary N) is 1. The molecule has 0 aromatic carbocycles. The van der Waals surface area contributed by atoms with E-state index in [1.165, 1.54) is 25.7 Å². The van der Waals surface area contributed by atoms with Crippen molar-refractivity contribution in [3.63, 3.8) is 0 Å². The molecule has 94 valence electrons. The lowest BCUT2D eigenvalue weighted by Crippen LogP contribution is -2.52. The van der Waals surface area contributed by atoms with Crippen LogP contribution in [0.15, 0.2) is 0 Å².